The van der Waals surface area contributed by atoms with Crippen LogP contribution in [-0.2, 0) is 19.9 Å². The predicted molar refractivity (Wildman–Crippen MR) is 87.0 cm³/mol. The third kappa shape index (κ3) is 3.64. The van der Waals surface area contributed by atoms with Crippen molar-refractivity contribution in [1.29, 1.82) is 0 Å². The number of benzene rings is 1. The highest BCUT2D eigenvalue weighted by atomic mass is 79.9. The topological polar surface area (TPSA) is 65.1 Å². The Labute approximate surface area is 133 Å². The largest absolute Gasteiger partial charge is 0.496 e. The highest BCUT2D eigenvalue weighted by Crippen LogP contribution is 2.30. The normalized spacial score (nSPS) is 12.4. The molecule has 0 bridgehead atoms. The number of hydrazine groups is 1. The Morgan fingerprint density at radius 2 is 2.19 bits per heavy atom. The molecule has 5 nitrogen and oxygen atoms in total. The van der Waals surface area contributed by atoms with Crippen molar-refractivity contribution in [3.05, 3.63) is 45.7 Å². The minimum Gasteiger partial charge on any atom is -0.496 e. The van der Waals surface area contributed by atoms with Crippen LogP contribution in [0.5, 0.6) is 5.75 Å². The second kappa shape index (κ2) is 7.06. The number of nitrogens with two attached hydrogens (primary N) is 1. The van der Waals surface area contributed by atoms with Gasteiger partial charge in [0.2, 0.25) is 0 Å². The van der Waals surface area contributed by atoms with Gasteiger partial charge in [0.25, 0.3) is 0 Å². The highest BCUT2D eigenvalue weighted by molar-refractivity contribution is 9.10. The van der Waals surface area contributed by atoms with Gasteiger partial charge in [-0.15, -0.1) is 0 Å². The van der Waals surface area contributed by atoms with Crippen LogP contribution in [0.2, 0.25) is 0 Å². The monoisotopic (exact) mass is 352 g/mol. The smallest absolute Gasteiger partial charge is 0.124 e. The van der Waals surface area contributed by atoms with Crippen molar-refractivity contribution in [1.82, 2.24) is 15.2 Å². The van der Waals surface area contributed by atoms with Crippen molar-refractivity contribution < 1.29 is 4.74 Å². The molecule has 0 saturated heterocycles. The van der Waals surface area contributed by atoms with Crippen LogP contribution < -0.4 is 16.0 Å². The van der Waals surface area contributed by atoms with Crippen LogP contribution >= 0.6 is 15.9 Å². The zero-order chi connectivity index (χ0) is 15.4. The quantitative estimate of drug-likeness (QED) is 0.619. The Morgan fingerprint density at radius 1 is 1.43 bits per heavy atom. The van der Waals surface area contributed by atoms with Crippen molar-refractivity contribution >= 4 is 15.9 Å². The molecule has 1 unspecified atom stereocenters. The maximum atomic E-state index is 5.76. The molecule has 0 saturated carbocycles. The third-order valence-corrected chi connectivity index (χ3v) is 4.07. The minimum absolute atomic E-state index is 0.0341. The van der Waals surface area contributed by atoms with Crippen molar-refractivity contribution in [2.75, 3.05) is 7.11 Å². The first-order chi connectivity index (χ1) is 10.1. The molecule has 1 aromatic heterocycles. The number of nitrogens with one attached hydrogen (secondary N) is 1. The summed E-state index contributed by atoms with van der Waals surface area (Å²) in [5, 5.41) is 4.48. The van der Waals surface area contributed by atoms with Crippen molar-refractivity contribution in [3.8, 4) is 5.75 Å². The minimum atomic E-state index is -0.0341. The van der Waals surface area contributed by atoms with E-state index in [9.17, 15) is 0 Å². The predicted octanol–water partition coefficient (Wildman–Crippen LogP) is 2.50. The summed E-state index contributed by atoms with van der Waals surface area (Å²) in [7, 11) is 3.62. The average Bonchev–Trinajstić information content (AvgIpc) is 2.85. The number of aryl methyl sites for hydroxylation is 2. The maximum Gasteiger partial charge on any atom is 0.124 e. The standard InChI is InChI=1S/C15H21BrN4O/c1-4-11-8-12(20(2)19-11)9-14(18-17)13-6-5-10(16)7-15(13)21-3/h5-8,14,18H,4,9,17H2,1-3H3. The molecule has 0 amide bonds. The van der Waals surface area contributed by atoms with E-state index in [0.29, 0.717) is 0 Å². The van der Waals surface area contributed by atoms with E-state index in [4.69, 9.17) is 10.6 Å². The van der Waals surface area contributed by atoms with E-state index in [2.05, 4.69) is 39.4 Å². The Balaban J connectivity index is 2.29. The zero-order valence-electron chi connectivity index (χ0n) is 12.6. The lowest BCUT2D eigenvalue weighted by Gasteiger charge is -2.19. The molecule has 6 heteroatoms. The Kier molecular flexibility index (Phi) is 5.39. The Hall–Kier alpha value is -1.37. The van der Waals surface area contributed by atoms with Gasteiger partial charge < -0.3 is 4.74 Å². The Morgan fingerprint density at radius 3 is 2.76 bits per heavy atom. The number of rotatable bonds is 6. The van der Waals surface area contributed by atoms with Gasteiger partial charge in [-0.1, -0.05) is 28.9 Å². The highest BCUT2D eigenvalue weighted by Gasteiger charge is 2.18. The van der Waals surface area contributed by atoms with E-state index in [1.165, 1.54) is 0 Å². The Bertz CT molecular complexity index is 612. The van der Waals surface area contributed by atoms with Gasteiger partial charge in [0.05, 0.1) is 18.8 Å². The molecule has 3 N–H and O–H groups in total. The maximum absolute atomic E-state index is 5.76. The number of halogens is 1. The van der Waals surface area contributed by atoms with Gasteiger partial charge in [-0.25, -0.2) is 0 Å². The number of methoxy groups -OCH3 is 1. The molecule has 0 aliphatic heterocycles. The van der Waals surface area contributed by atoms with E-state index in [1.54, 1.807) is 7.11 Å². The van der Waals surface area contributed by atoms with Gasteiger partial charge in [0, 0.05) is 29.2 Å². The molecular weight excluding hydrogens is 332 g/mol. The van der Waals surface area contributed by atoms with E-state index in [-0.39, 0.29) is 6.04 Å². The van der Waals surface area contributed by atoms with Gasteiger partial charge in [0.1, 0.15) is 5.75 Å². The molecule has 0 spiro atoms. The lowest BCUT2D eigenvalue weighted by atomic mass is 10.0. The molecule has 1 aromatic carbocycles. The van der Waals surface area contributed by atoms with E-state index in [0.717, 1.165) is 40.0 Å². The van der Waals surface area contributed by atoms with Crippen LogP contribution in [0, 0.1) is 0 Å². The van der Waals surface area contributed by atoms with Crippen LogP contribution in [0.4, 0.5) is 0 Å². The van der Waals surface area contributed by atoms with Gasteiger partial charge in [0.15, 0.2) is 0 Å². The van der Waals surface area contributed by atoms with Crippen molar-refractivity contribution in [2.24, 2.45) is 12.9 Å². The fourth-order valence-electron chi connectivity index (χ4n) is 2.38. The second-order valence-electron chi connectivity index (χ2n) is 4.91. The van der Waals surface area contributed by atoms with Crippen molar-refractivity contribution in [3.63, 3.8) is 0 Å². The fraction of sp³-hybridized carbons (Fsp3) is 0.400. The summed E-state index contributed by atoms with van der Waals surface area (Å²) in [4.78, 5) is 0. The number of hydrogen-bond acceptors (Lipinski definition) is 4. The number of nitrogens with zero attached hydrogens (tertiary/aromatic N) is 2. The molecule has 1 atom stereocenters. The molecule has 2 rings (SSSR count). The van der Waals surface area contributed by atoms with Gasteiger partial charge in [-0.3, -0.25) is 16.0 Å². The number of ether oxygens (including phenoxy) is 1. The van der Waals surface area contributed by atoms with Crippen LogP contribution in [0.3, 0.4) is 0 Å². The SMILES string of the molecule is CCc1cc(CC(NN)c2ccc(Br)cc2OC)n(C)n1. The summed E-state index contributed by atoms with van der Waals surface area (Å²) in [5.74, 6) is 6.57. The lowest BCUT2D eigenvalue weighted by molar-refractivity contribution is 0.397. The first-order valence-electron chi connectivity index (χ1n) is 6.90. The summed E-state index contributed by atoms with van der Waals surface area (Å²) in [6.07, 6.45) is 1.67. The molecule has 114 valence electrons. The van der Waals surface area contributed by atoms with Crippen molar-refractivity contribution in [2.45, 2.75) is 25.8 Å². The molecule has 21 heavy (non-hydrogen) atoms. The van der Waals surface area contributed by atoms with E-state index >= 15 is 0 Å². The first kappa shape index (κ1) is 16.0. The fourth-order valence-corrected chi connectivity index (χ4v) is 2.72. The molecule has 0 aliphatic carbocycles. The number of hydrogen-bond donors (Lipinski definition) is 2. The summed E-state index contributed by atoms with van der Waals surface area (Å²) in [6, 6.07) is 8.04. The van der Waals surface area contributed by atoms with E-state index in [1.807, 2.05) is 29.9 Å². The number of aromatic nitrogens is 2. The molecule has 0 fully saturated rings. The van der Waals surface area contributed by atoms with Crippen LogP contribution in [0.25, 0.3) is 0 Å². The first-order valence-corrected chi connectivity index (χ1v) is 7.69. The molecule has 1 heterocycles. The van der Waals surface area contributed by atoms with Gasteiger partial charge >= 0.3 is 0 Å². The van der Waals surface area contributed by atoms with Gasteiger partial charge in [-0.2, -0.15) is 5.10 Å². The lowest BCUT2D eigenvalue weighted by Crippen LogP contribution is -2.30. The summed E-state index contributed by atoms with van der Waals surface area (Å²) in [5.41, 5.74) is 6.14. The summed E-state index contributed by atoms with van der Waals surface area (Å²) in [6.45, 7) is 2.10. The molecule has 2 aromatic rings. The molecule has 0 radical (unpaired) electrons. The zero-order valence-corrected chi connectivity index (χ0v) is 14.1. The van der Waals surface area contributed by atoms with Gasteiger partial charge in [-0.05, 0) is 24.6 Å². The molecular formula is C15H21BrN4O. The molecule has 0 aliphatic rings. The average molecular weight is 353 g/mol. The second-order valence-corrected chi connectivity index (χ2v) is 5.83. The summed E-state index contributed by atoms with van der Waals surface area (Å²) < 4.78 is 8.35. The van der Waals surface area contributed by atoms with Crippen LogP contribution in [0.1, 0.15) is 29.9 Å². The third-order valence-electron chi connectivity index (χ3n) is 3.57. The van der Waals surface area contributed by atoms with E-state index < -0.39 is 0 Å². The summed E-state index contributed by atoms with van der Waals surface area (Å²) >= 11 is 3.45. The van der Waals surface area contributed by atoms with Crippen LogP contribution in [0.15, 0.2) is 28.7 Å². The van der Waals surface area contributed by atoms with Crippen LogP contribution in [-0.4, -0.2) is 16.9 Å².